The molecule has 3 aromatic rings. The van der Waals surface area contributed by atoms with Gasteiger partial charge in [0.15, 0.2) is 11.5 Å². The van der Waals surface area contributed by atoms with E-state index in [1.165, 1.54) is 5.56 Å². The van der Waals surface area contributed by atoms with Gasteiger partial charge in [-0.05, 0) is 41.3 Å². The number of carbonyl (C=O) groups is 1. The van der Waals surface area contributed by atoms with Crippen LogP contribution in [0.5, 0.6) is 11.5 Å². The molecule has 0 unspecified atom stereocenters. The van der Waals surface area contributed by atoms with Gasteiger partial charge in [0.2, 0.25) is 6.79 Å². The Labute approximate surface area is 169 Å². The van der Waals surface area contributed by atoms with Crippen LogP contribution in [-0.2, 0) is 5.41 Å². The zero-order valence-corrected chi connectivity index (χ0v) is 16.7. The van der Waals surface area contributed by atoms with E-state index in [1.54, 1.807) is 36.5 Å². The standard InChI is InChI=1S/C23H23N3O3/c1-23(2,3)17-6-4-5-7-18(17)26-21-12-15(10-11-24-21)22(27)25-16-8-9-19-20(13-16)29-14-28-19/h4-13H,14H2,1-3H3,(H,24,26)(H,25,27). The van der Waals surface area contributed by atoms with Crippen LogP contribution in [0, 0.1) is 0 Å². The van der Waals surface area contributed by atoms with Gasteiger partial charge in [0, 0.05) is 29.2 Å². The highest BCUT2D eigenvalue weighted by molar-refractivity contribution is 6.04. The summed E-state index contributed by atoms with van der Waals surface area (Å²) in [5.41, 5.74) is 3.28. The second-order valence-electron chi connectivity index (χ2n) is 7.87. The number of benzene rings is 2. The van der Waals surface area contributed by atoms with Crippen LogP contribution >= 0.6 is 0 Å². The molecule has 1 amide bonds. The van der Waals surface area contributed by atoms with E-state index in [0.717, 1.165) is 5.69 Å². The van der Waals surface area contributed by atoms with E-state index in [-0.39, 0.29) is 18.1 Å². The van der Waals surface area contributed by atoms with E-state index in [4.69, 9.17) is 9.47 Å². The number of nitrogens with zero attached hydrogens (tertiary/aromatic N) is 1. The summed E-state index contributed by atoms with van der Waals surface area (Å²) in [5.74, 6) is 1.69. The fourth-order valence-corrected chi connectivity index (χ4v) is 3.20. The molecular weight excluding hydrogens is 366 g/mol. The lowest BCUT2D eigenvalue weighted by atomic mass is 9.86. The van der Waals surface area contributed by atoms with E-state index in [9.17, 15) is 4.79 Å². The molecule has 0 bridgehead atoms. The maximum absolute atomic E-state index is 12.7. The fourth-order valence-electron chi connectivity index (χ4n) is 3.20. The second-order valence-corrected chi connectivity index (χ2v) is 7.87. The fraction of sp³-hybridized carbons (Fsp3) is 0.217. The maximum atomic E-state index is 12.7. The largest absolute Gasteiger partial charge is 0.454 e. The highest BCUT2D eigenvalue weighted by Crippen LogP contribution is 2.34. The lowest BCUT2D eigenvalue weighted by Crippen LogP contribution is -2.14. The molecule has 2 aromatic carbocycles. The summed E-state index contributed by atoms with van der Waals surface area (Å²) in [5, 5.41) is 6.23. The van der Waals surface area contributed by atoms with E-state index in [2.05, 4.69) is 42.5 Å². The van der Waals surface area contributed by atoms with Gasteiger partial charge >= 0.3 is 0 Å². The quantitative estimate of drug-likeness (QED) is 0.649. The predicted octanol–water partition coefficient (Wildman–Crippen LogP) is 5.10. The molecule has 4 rings (SSSR count). The lowest BCUT2D eigenvalue weighted by Gasteiger charge is -2.23. The number of anilines is 3. The molecule has 2 heterocycles. The average molecular weight is 389 g/mol. The molecule has 1 aromatic heterocycles. The molecule has 148 valence electrons. The number of fused-ring (bicyclic) bond motifs is 1. The number of nitrogens with one attached hydrogen (secondary N) is 2. The Morgan fingerprint density at radius 2 is 1.79 bits per heavy atom. The van der Waals surface area contributed by atoms with E-state index < -0.39 is 0 Å². The first kappa shape index (κ1) is 18.8. The van der Waals surface area contributed by atoms with Crippen LogP contribution < -0.4 is 20.1 Å². The molecule has 29 heavy (non-hydrogen) atoms. The number of para-hydroxylation sites is 1. The van der Waals surface area contributed by atoms with Gasteiger partial charge in [-0.3, -0.25) is 4.79 Å². The summed E-state index contributed by atoms with van der Waals surface area (Å²) in [4.78, 5) is 17.1. The van der Waals surface area contributed by atoms with Crippen LogP contribution in [-0.4, -0.2) is 17.7 Å². The SMILES string of the molecule is CC(C)(C)c1ccccc1Nc1cc(C(=O)Nc2ccc3c(c2)OCO3)ccn1. The third-order valence-electron chi connectivity index (χ3n) is 4.65. The number of ether oxygens (including phenoxy) is 2. The molecule has 6 heteroatoms. The topological polar surface area (TPSA) is 72.5 Å². The van der Waals surface area contributed by atoms with Gasteiger partial charge < -0.3 is 20.1 Å². The molecule has 0 saturated carbocycles. The zero-order chi connectivity index (χ0) is 20.4. The van der Waals surface area contributed by atoms with Crippen LogP contribution in [0.15, 0.2) is 60.8 Å². The summed E-state index contributed by atoms with van der Waals surface area (Å²) in [6.45, 7) is 6.69. The number of pyridine rings is 1. The minimum atomic E-state index is -0.224. The zero-order valence-electron chi connectivity index (χ0n) is 16.7. The van der Waals surface area contributed by atoms with E-state index in [0.29, 0.717) is 28.6 Å². The molecule has 1 aliphatic heterocycles. The van der Waals surface area contributed by atoms with Crippen molar-refractivity contribution in [3.05, 3.63) is 71.9 Å². The lowest BCUT2D eigenvalue weighted by molar-refractivity contribution is 0.102. The summed E-state index contributed by atoms with van der Waals surface area (Å²) >= 11 is 0. The molecule has 0 saturated heterocycles. The maximum Gasteiger partial charge on any atom is 0.255 e. The minimum Gasteiger partial charge on any atom is -0.454 e. The van der Waals surface area contributed by atoms with Gasteiger partial charge in [-0.25, -0.2) is 4.98 Å². The Morgan fingerprint density at radius 3 is 2.62 bits per heavy atom. The Balaban J connectivity index is 1.53. The van der Waals surface area contributed by atoms with Crippen molar-refractivity contribution in [2.45, 2.75) is 26.2 Å². The van der Waals surface area contributed by atoms with Crippen molar-refractivity contribution in [1.29, 1.82) is 0 Å². The molecule has 0 spiro atoms. The van der Waals surface area contributed by atoms with Crippen molar-refractivity contribution < 1.29 is 14.3 Å². The van der Waals surface area contributed by atoms with Gasteiger partial charge in [0.05, 0.1) is 0 Å². The molecule has 0 aliphatic carbocycles. The molecule has 0 radical (unpaired) electrons. The van der Waals surface area contributed by atoms with E-state index >= 15 is 0 Å². The number of carbonyl (C=O) groups excluding carboxylic acids is 1. The number of amides is 1. The van der Waals surface area contributed by atoms with Gasteiger partial charge in [-0.2, -0.15) is 0 Å². The van der Waals surface area contributed by atoms with Gasteiger partial charge in [-0.15, -0.1) is 0 Å². The van der Waals surface area contributed by atoms with Gasteiger partial charge in [-0.1, -0.05) is 39.0 Å². The minimum absolute atomic E-state index is 0.0159. The first-order chi connectivity index (χ1) is 13.9. The number of rotatable bonds is 4. The monoisotopic (exact) mass is 389 g/mol. The first-order valence-corrected chi connectivity index (χ1v) is 9.44. The Morgan fingerprint density at radius 1 is 1.00 bits per heavy atom. The van der Waals surface area contributed by atoms with Crippen LogP contribution in [0.25, 0.3) is 0 Å². The van der Waals surface area contributed by atoms with Crippen molar-refractivity contribution in [3.8, 4) is 11.5 Å². The Hall–Kier alpha value is -3.54. The summed E-state index contributed by atoms with van der Waals surface area (Å²) in [6, 6.07) is 16.8. The molecule has 1 aliphatic rings. The molecule has 0 fully saturated rings. The van der Waals surface area contributed by atoms with Gasteiger partial charge in [0.25, 0.3) is 5.91 Å². The number of aromatic nitrogens is 1. The van der Waals surface area contributed by atoms with Crippen molar-refractivity contribution >= 4 is 23.1 Å². The second kappa shape index (κ2) is 7.47. The smallest absolute Gasteiger partial charge is 0.255 e. The van der Waals surface area contributed by atoms with E-state index in [1.807, 2.05) is 18.2 Å². The summed E-state index contributed by atoms with van der Waals surface area (Å²) in [6.07, 6.45) is 1.62. The Kier molecular flexibility index (Phi) is 4.84. The molecule has 2 N–H and O–H groups in total. The normalized spacial score (nSPS) is 12.5. The van der Waals surface area contributed by atoms with Crippen LogP contribution in [0.2, 0.25) is 0 Å². The molecular formula is C23H23N3O3. The van der Waals surface area contributed by atoms with Crippen LogP contribution in [0.1, 0.15) is 36.7 Å². The van der Waals surface area contributed by atoms with Crippen molar-refractivity contribution in [3.63, 3.8) is 0 Å². The van der Waals surface area contributed by atoms with Gasteiger partial charge in [0.1, 0.15) is 5.82 Å². The highest BCUT2D eigenvalue weighted by atomic mass is 16.7. The van der Waals surface area contributed by atoms with Crippen molar-refractivity contribution in [2.75, 3.05) is 17.4 Å². The van der Waals surface area contributed by atoms with Crippen molar-refractivity contribution in [1.82, 2.24) is 4.98 Å². The van der Waals surface area contributed by atoms with Crippen LogP contribution in [0.4, 0.5) is 17.2 Å². The van der Waals surface area contributed by atoms with Crippen molar-refractivity contribution in [2.24, 2.45) is 0 Å². The predicted molar refractivity (Wildman–Crippen MR) is 113 cm³/mol. The number of hydrogen-bond acceptors (Lipinski definition) is 5. The first-order valence-electron chi connectivity index (χ1n) is 9.44. The molecule has 0 atom stereocenters. The number of hydrogen-bond donors (Lipinski definition) is 2. The third kappa shape index (κ3) is 4.16. The average Bonchev–Trinajstić information content (AvgIpc) is 3.15. The van der Waals surface area contributed by atoms with Crippen LogP contribution in [0.3, 0.4) is 0 Å². The summed E-state index contributed by atoms with van der Waals surface area (Å²) in [7, 11) is 0. The highest BCUT2D eigenvalue weighted by Gasteiger charge is 2.18. The summed E-state index contributed by atoms with van der Waals surface area (Å²) < 4.78 is 10.7. The third-order valence-corrected chi connectivity index (χ3v) is 4.65. The molecule has 6 nitrogen and oxygen atoms in total. The Bertz CT molecular complexity index is 1060.